The van der Waals surface area contributed by atoms with Crippen LogP contribution in [0.25, 0.3) is 22.4 Å². The van der Waals surface area contributed by atoms with Gasteiger partial charge in [-0.3, -0.25) is 4.79 Å². The topological polar surface area (TPSA) is 97.7 Å². The number of para-hydroxylation sites is 1. The number of rotatable bonds is 5. The molecule has 2 N–H and O–H groups in total. The van der Waals surface area contributed by atoms with Gasteiger partial charge in [0.25, 0.3) is 5.91 Å². The zero-order valence-corrected chi connectivity index (χ0v) is 21.0. The van der Waals surface area contributed by atoms with Crippen molar-refractivity contribution in [1.29, 1.82) is 0 Å². The van der Waals surface area contributed by atoms with Crippen molar-refractivity contribution in [2.45, 2.75) is 12.7 Å². The number of amides is 1. The molecule has 3 heterocycles. The highest BCUT2D eigenvalue weighted by atomic mass is 35.5. The Balaban J connectivity index is 1.44. The van der Waals surface area contributed by atoms with Crippen molar-refractivity contribution < 1.29 is 27.1 Å². The van der Waals surface area contributed by atoms with Crippen LogP contribution in [0.2, 0.25) is 5.02 Å². The molecule has 198 valence electrons. The van der Waals surface area contributed by atoms with Gasteiger partial charge in [-0.15, -0.1) is 0 Å². The van der Waals surface area contributed by atoms with E-state index in [9.17, 15) is 18.0 Å². The number of fused-ring (bicyclic) bond motifs is 1. The summed E-state index contributed by atoms with van der Waals surface area (Å²) in [5, 5.41) is 0.969. The normalized spacial score (nSPS) is 14.3. The maximum atomic E-state index is 13.4. The van der Waals surface area contributed by atoms with Crippen molar-refractivity contribution in [2.75, 3.05) is 38.2 Å². The monoisotopic (exact) mass is 545 g/mol. The number of alkyl halides is 3. The first kappa shape index (κ1) is 25.8. The second-order valence-corrected chi connectivity index (χ2v) is 9.04. The summed E-state index contributed by atoms with van der Waals surface area (Å²) in [6.45, 7) is 1.94. The number of anilines is 1. The van der Waals surface area contributed by atoms with Crippen LogP contribution in [0.1, 0.15) is 21.9 Å². The molecule has 1 amide bonds. The first-order valence-corrected chi connectivity index (χ1v) is 12.1. The van der Waals surface area contributed by atoms with Gasteiger partial charge in [-0.25, -0.2) is 9.97 Å². The molecule has 0 spiro atoms. The molecule has 2 aromatic carbocycles. The van der Waals surface area contributed by atoms with E-state index < -0.39 is 11.9 Å². The van der Waals surface area contributed by atoms with Crippen molar-refractivity contribution in [3.8, 4) is 17.2 Å². The minimum Gasteiger partial charge on any atom is -0.494 e. The fourth-order valence-corrected chi connectivity index (χ4v) is 4.74. The van der Waals surface area contributed by atoms with Crippen molar-refractivity contribution in [3.05, 3.63) is 70.7 Å². The standard InChI is InChI=1S/C26H23ClF3N5O3/c1-37-19-8-6-16(15-7-9-21(26(28,29)30)32-22(15)19)24-33-23(20(14-31)38-24)25(36)35-12-10-34(11-13-35)18-5-3-2-4-17(18)27/h2-9H,10-14,31H2,1H3. The Morgan fingerprint density at radius 2 is 1.82 bits per heavy atom. The highest BCUT2D eigenvalue weighted by Crippen LogP contribution is 2.37. The third-order valence-electron chi connectivity index (χ3n) is 6.41. The molecule has 8 nitrogen and oxygen atoms in total. The van der Waals surface area contributed by atoms with Crippen molar-refractivity contribution in [3.63, 3.8) is 0 Å². The minimum atomic E-state index is -4.62. The highest BCUT2D eigenvalue weighted by Gasteiger charge is 2.33. The molecule has 0 bridgehead atoms. The minimum absolute atomic E-state index is 0.00380. The summed E-state index contributed by atoms with van der Waals surface area (Å²) in [5.41, 5.74) is 6.14. The Morgan fingerprint density at radius 1 is 1.08 bits per heavy atom. The lowest BCUT2D eigenvalue weighted by atomic mass is 10.1. The average Bonchev–Trinajstić information content (AvgIpc) is 3.36. The molecule has 0 unspecified atom stereocenters. The van der Waals surface area contributed by atoms with E-state index in [1.54, 1.807) is 11.0 Å². The zero-order chi connectivity index (χ0) is 27.0. The number of methoxy groups -OCH3 is 1. The van der Waals surface area contributed by atoms with E-state index in [0.717, 1.165) is 11.8 Å². The zero-order valence-electron chi connectivity index (χ0n) is 20.3. The van der Waals surface area contributed by atoms with Crippen LogP contribution in [0, 0.1) is 0 Å². The smallest absolute Gasteiger partial charge is 0.433 e. The average molecular weight is 546 g/mol. The molecule has 1 aliphatic rings. The summed E-state index contributed by atoms with van der Waals surface area (Å²) in [7, 11) is 1.34. The number of pyridine rings is 1. The van der Waals surface area contributed by atoms with Crippen LogP contribution in [-0.4, -0.2) is 54.1 Å². The van der Waals surface area contributed by atoms with E-state index in [0.29, 0.717) is 42.2 Å². The number of oxazole rings is 1. The van der Waals surface area contributed by atoms with Gasteiger partial charge in [0.15, 0.2) is 11.5 Å². The fraction of sp³-hybridized carbons (Fsp3) is 0.269. The predicted octanol–water partition coefficient (Wildman–Crippen LogP) is 4.99. The molecule has 0 radical (unpaired) electrons. The first-order valence-electron chi connectivity index (χ1n) is 11.7. The van der Waals surface area contributed by atoms with Gasteiger partial charge in [0, 0.05) is 37.1 Å². The molecule has 0 saturated carbocycles. The van der Waals surface area contributed by atoms with Gasteiger partial charge in [0.1, 0.15) is 17.0 Å². The molecule has 0 atom stereocenters. The molecule has 1 fully saturated rings. The van der Waals surface area contributed by atoms with Gasteiger partial charge < -0.3 is 24.7 Å². The first-order chi connectivity index (χ1) is 18.2. The molecule has 5 rings (SSSR count). The number of piperazine rings is 1. The number of hydrogen-bond acceptors (Lipinski definition) is 7. The molecular weight excluding hydrogens is 523 g/mol. The SMILES string of the molecule is COc1ccc(-c2nc(C(=O)N3CCN(c4ccccc4Cl)CC3)c(CN)o2)c2ccc(C(F)(F)F)nc12. The number of aromatic nitrogens is 2. The third-order valence-corrected chi connectivity index (χ3v) is 6.73. The van der Waals surface area contributed by atoms with Crippen molar-refractivity contribution in [1.82, 2.24) is 14.9 Å². The van der Waals surface area contributed by atoms with Crippen LogP contribution >= 0.6 is 11.6 Å². The van der Waals surface area contributed by atoms with E-state index in [-0.39, 0.29) is 41.1 Å². The largest absolute Gasteiger partial charge is 0.494 e. The number of hydrogen-bond donors (Lipinski definition) is 1. The lowest BCUT2D eigenvalue weighted by Crippen LogP contribution is -2.49. The fourth-order valence-electron chi connectivity index (χ4n) is 4.48. The summed E-state index contributed by atoms with van der Waals surface area (Å²) in [5.74, 6) is 0.0581. The Labute approximate surface area is 220 Å². The third kappa shape index (κ3) is 4.74. The summed E-state index contributed by atoms with van der Waals surface area (Å²) in [4.78, 5) is 25.4. The van der Waals surface area contributed by atoms with Gasteiger partial charge in [-0.1, -0.05) is 23.7 Å². The maximum absolute atomic E-state index is 13.4. The molecule has 0 aliphatic carbocycles. The van der Waals surface area contributed by atoms with Crippen LogP contribution in [0.3, 0.4) is 0 Å². The lowest BCUT2D eigenvalue weighted by Gasteiger charge is -2.36. The molecule has 1 saturated heterocycles. The Morgan fingerprint density at radius 3 is 2.47 bits per heavy atom. The number of benzene rings is 2. The lowest BCUT2D eigenvalue weighted by molar-refractivity contribution is -0.140. The van der Waals surface area contributed by atoms with E-state index in [4.69, 9.17) is 26.5 Å². The van der Waals surface area contributed by atoms with Crippen molar-refractivity contribution >= 4 is 34.1 Å². The highest BCUT2D eigenvalue weighted by molar-refractivity contribution is 6.33. The van der Waals surface area contributed by atoms with Gasteiger partial charge in [0.05, 0.1) is 24.4 Å². The Bertz CT molecular complexity index is 1500. The quantitative estimate of drug-likeness (QED) is 0.377. The molecule has 1 aliphatic heterocycles. The van der Waals surface area contributed by atoms with Gasteiger partial charge in [-0.05, 0) is 36.4 Å². The Kier molecular flexibility index (Phi) is 6.89. The second-order valence-electron chi connectivity index (χ2n) is 8.63. The summed E-state index contributed by atoms with van der Waals surface area (Å²) in [6.07, 6.45) is -4.62. The summed E-state index contributed by atoms with van der Waals surface area (Å²) >= 11 is 6.32. The second kappa shape index (κ2) is 10.1. The number of ether oxygens (including phenoxy) is 1. The molecule has 38 heavy (non-hydrogen) atoms. The number of nitrogens with zero attached hydrogens (tertiary/aromatic N) is 4. The van der Waals surface area contributed by atoms with Gasteiger partial charge in [0.2, 0.25) is 5.89 Å². The number of carbonyl (C=O) groups excluding carboxylic acids is 1. The number of carbonyl (C=O) groups is 1. The van der Waals surface area contributed by atoms with Crippen LogP contribution < -0.4 is 15.4 Å². The molecule has 4 aromatic rings. The number of nitrogens with two attached hydrogens (primary N) is 1. The van der Waals surface area contributed by atoms with Crippen molar-refractivity contribution in [2.24, 2.45) is 5.73 Å². The van der Waals surface area contributed by atoms with Crippen LogP contribution in [0.5, 0.6) is 5.75 Å². The van der Waals surface area contributed by atoms with Crippen LogP contribution in [0.15, 0.2) is 52.9 Å². The molecule has 12 heteroatoms. The van der Waals surface area contributed by atoms with E-state index in [1.165, 1.54) is 19.2 Å². The van der Waals surface area contributed by atoms with Gasteiger partial charge >= 0.3 is 6.18 Å². The van der Waals surface area contributed by atoms with Crippen LogP contribution in [0.4, 0.5) is 18.9 Å². The van der Waals surface area contributed by atoms with Crippen LogP contribution in [-0.2, 0) is 12.7 Å². The molecular formula is C26H23ClF3N5O3. The Hall–Kier alpha value is -3.83. The number of halogens is 4. The maximum Gasteiger partial charge on any atom is 0.433 e. The van der Waals surface area contributed by atoms with Gasteiger partial charge in [-0.2, -0.15) is 13.2 Å². The predicted molar refractivity (Wildman–Crippen MR) is 136 cm³/mol. The molecule has 2 aromatic heterocycles. The van der Waals surface area contributed by atoms with E-state index in [1.807, 2.05) is 24.3 Å². The van der Waals surface area contributed by atoms with E-state index in [2.05, 4.69) is 14.9 Å². The summed E-state index contributed by atoms with van der Waals surface area (Å²) < 4.78 is 50.9. The van der Waals surface area contributed by atoms with E-state index >= 15 is 0 Å². The summed E-state index contributed by atoms with van der Waals surface area (Å²) in [6, 6.07) is 12.8.